The van der Waals surface area contributed by atoms with E-state index in [1.54, 1.807) is 0 Å². The Labute approximate surface area is 135 Å². The third kappa shape index (κ3) is 0.973. The summed E-state index contributed by atoms with van der Waals surface area (Å²) in [5, 5.41) is 0.654. The maximum Gasteiger partial charge on any atom is 0.166 e. The molecule has 0 aromatic heterocycles. The quantitative estimate of drug-likeness (QED) is 0.312. The Bertz CT molecular complexity index is 481. The van der Waals surface area contributed by atoms with Crippen molar-refractivity contribution in [3.8, 4) is 0 Å². The van der Waals surface area contributed by atoms with E-state index in [9.17, 15) is 0 Å². The van der Waals surface area contributed by atoms with Crippen LogP contribution in [0.4, 0.5) is 0 Å². The van der Waals surface area contributed by atoms with Gasteiger partial charge in [0.15, 0.2) is 4.33 Å². The molecule has 0 heterocycles. The largest absolute Gasteiger partial charge is 0.166 e. The fourth-order valence-electron chi connectivity index (χ4n) is 4.48. The summed E-state index contributed by atoms with van der Waals surface area (Å²) in [5.74, 6) is 0.815. The molecule has 4 aliphatic carbocycles. The van der Waals surface area contributed by atoms with E-state index in [0.717, 1.165) is 6.42 Å². The van der Waals surface area contributed by atoms with Crippen molar-refractivity contribution in [3.63, 3.8) is 0 Å². The zero-order valence-electron chi connectivity index (χ0n) is 8.94. The molecular weight excluding hydrogens is 357 g/mol. The Kier molecular flexibility index (Phi) is 2.40. The average molecular weight is 365 g/mol. The van der Waals surface area contributed by atoms with E-state index in [1.807, 2.05) is 0 Å². The lowest BCUT2D eigenvalue weighted by molar-refractivity contribution is 0.305. The first-order valence-corrected chi connectivity index (χ1v) is 8.05. The maximum atomic E-state index is 6.76. The third-order valence-corrected chi connectivity index (χ3v) is 9.42. The van der Waals surface area contributed by atoms with Gasteiger partial charge in [-0.3, -0.25) is 0 Å². The highest BCUT2D eigenvalue weighted by Gasteiger charge is 2.85. The number of allylic oxidation sites excluding steroid dienone is 4. The normalized spacial score (nSPS) is 58.8. The predicted molar refractivity (Wildman–Crippen MR) is 78.1 cm³/mol. The van der Waals surface area contributed by atoms with Crippen molar-refractivity contribution < 1.29 is 0 Å². The fourth-order valence-corrected chi connectivity index (χ4v) is 7.61. The summed E-state index contributed by atoms with van der Waals surface area (Å²) in [5.41, 5.74) is 0. The molecule has 2 saturated carbocycles. The van der Waals surface area contributed by atoms with Gasteiger partial charge in [0, 0.05) is 0 Å². The first-order valence-electron chi connectivity index (χ1n) is 5.78. The smallest absolute Gasteiger partial charge is 0.109 e. The van der Waals surface area contributed by atoms with Gasteiger partial charge < -0.3 is 0 Å². The molecule has 0 radical (unpaired) electrons. The van der Waals surface area contributed by atoms with Gasteiger partial charge in [-0.15, -0.1) is 23.2 Å². The molecule has 6 atom stereocenters. The highest BCUT2D eigenvalue weighted by molar-refractivity contribution is 6.65. The zero-order valence-corrected chi connectivity index (χ0v) is 13.5. The highest BCUT2D eigenvalue weighted by atomic mass is 35.5. The van der Waals surface area contributed by atoms with Gasteiger partial charge in [0.1, 0.15) is 9.75 Å². The molecule has 0 aromatic carbocycles. The number of hydrogen-bond donors (Lipinski definition) is 0. The van der Waals surface area contributed by atoms with Crippen LogP contribution in [0, 0.1) is 23.7 Å². The van der Waals surface area contributed by atoms with E-state index in [2.05, 4.69) is 12.2 Å². The van der Waals surface area contributed by atoms with Crippen LogP contribution in [0.25, 0.3) is 0 Å². The number of halogens is 6. The molecule has 0 aromatic rings. The van der Waals surface area contributed by atoms with Crippen molar-refractivity contribution in [3.05, 3.63) is 22.2 Å². The summed E-state index contributed by atoms with van der Waals surface area (Å²) in [6, 6.07) is 0. The van der Waals surface area contributed by atoms with E-state index in [4.69, 9.17) is 69.6 Å². The molecule has 2 unspecified atom stereocenters. The number of rotatable bonds is 0. The minimum absolute atomic E-state index is 0.0664. The number of fused-ring (bicyclic) bond motifs is 9. The van der Waals surface area contributed by atoms with Crippen molar-refractivity contribution in [2.45, 2.75) is 20.5 Å². The number of alkyl halides is 4. The molecule has 0 saturated heterocycles. The van der Waals surface area contributed by atoms with Crippen molar-refractivity contribution in [1.29, 1.82) is 0 Å². The van der Waals surface area contributed by atoms with Crippen molar-refractivity contribution in [2.24, 2.45) is 23.7 Å². The van der Waals surface area contributed by atoms with E-state index in [1.165, 1.54) is 0 Å². The molecule has 0 nitrogen and oxygen atoms in total. The van der Waals surface area contributed by atoms with Crippen LogP contribution in [0.1, 0.15) is 6.42 Å². The molecule has 0 amide bonds. The Balaban J connectivity index is 2.03. The molecule has 4 aliphatic rings. The van der Waals surface area contributed by atoms with Crippen LogP contribution in [0.3, 0.4) is 0 Å². The van der Waals surface area contributed by atoms with Gasteiger partial charge in [0.25, 0.3) is 0 Å². The summed E-state index contributed by atoms with van der Waals surface area (Å²) >= 11 is 39.2. The molecule has 0 N–H and O–H groups in total. The maximum absolute atomic E-state index is 6.76. The Hall–Kier alpha value is 1.22. The Morgan fingerprint density at radius 3 is 1.61 bits per heavy atom. The molecule has 0 spiro atoms. The molecule has 4 bridgehead atoms. The first kappa shape index (κ1) is 12.9. The van der Waals surface area contributed by atoms with Crippen molar-refractivity contribution in [1.82, 2.24) is 0 Å². The third-order valence-electron chi connectivity index (χ3n) is 5.12. The summed E-state index contributed by atoms with van der Waals surface area (Å²) < 4.78 is -1.37. The van der Waals surface area contributed by atoms with Gasteiger partial charge in [0.2, 0.25) is 0 Å². The van der Waals surface area contributed by atoms with Crippen LogP contribution in [0.2, 0.25) is 0 Å². The zero-order chi connectivity index (χ0) is 13.1. The summed E-state index contributed by atoms with van der Waals surface area (Å²) in [6.07, 6.45) is 5.40. The van der Waals surface area contributed by atoms with Gasteiger partial charge in [-0.2, -0.15) is 0 Å². The second-order valence-electron chi connectivity index (χ2n) is 5.63. The molecule has 6 heteroatoms. The monoisotopic (exact) mass is 362 g/mol. The molecule has 2 fully saturated rings. The second-order valence-corrected chi connectivity index (χ2v) is 8.90. The minimum Gasteiger partial charge on any atom is -0.109 e. The van der Waals surface area contributed by atoms with Crippen molar-refractivity contribution >= 4 is 69.6 Å². The highest BCUT2D eigenvalue weighted by Crippen LogP contribution is 2.81. The standard InChI is InChI=1S/C12H8Cl6/c13-8-9(14)11(16)7-5-2-1-4(3-5)6(7)10(8,15)12(11,17)18/h1-2,4-7H,3H2/t4-,5-,6?,7?,10+,11+/m1/s1. The van der Waals surface area contributed by atoms with Crippen LogP contribution < -0.4 is 0 Å². The van der Waals surface area contributed by atoms with Crippen LogP contribution in [-0.2, 0) is 0 Å². The lowest BCUT2D eigenvalue weighted by Crippen LogP contribution is -2.46. The van der Waals surface area contributed by atoms with E-state index < -0.39 is 14.1 Å². The fraction of sp³-hybridized carbons (Fsp3) is 0.667. The van der Waals surface area contributed by atoms with Crippen LogP contribution in [0.5, 0.6) is 0 Å². The van der Waals surface area contributed by atoms with E-state index in [-0.39, 0.29) is 11.8 Å². The van der Waals surface area contributed by atoms with E-state index >= 15 is 0 Å². The number of hydrogen-bond acceptors (Lipinski definition) is 0. The SMILES string of the molecule is ClC1=C(Cl)[C@@]2(Cl)C3C([C@@H]4C=C[C@@H]3C4)[C@@]1(Cl)C2(Cl)Cl. The molecule has 4 rings (SSSR count). The minimum atomic E-state index is -1.37. The first-order chi connectivity index (χ1) is 8.28. The topological polar surface area (TPSA) is 0 Å². The Morgan fingerprint density at radius 2 is 1.22 bits per heavy atom. The molecule has 98 valence electrons. The van der Waals surface area contributed by atoms with Gasteiger partial charge in [-0.25, -0.2) is 0 Å². The van der Waals surface area contributed by atoms with Gasteiger partial charge in [-0.05, 0) is 30.1 Å². The molecule has 0 aliphatic heterocycles. The lowest BCUT2D eigenvalue weighted by Gasteiger charge is -2.37. The second kappa shape index (κ2) is 3.34. The molecule has 18 heavy (non-hydrogen) atoms. The van der Waals surface area contributed by atoms with E-state index in [0.29, 0.717) is 21.9 Å². The molecular formula is C12H8Cl6. The summed E-state index contributed by atoms with van der Waals surface area (Å²) in [6.45, 7) is 0. The predicted octanol–water partition coefficient (Wildman–Crippen LogP) is 5.27. The van der Waals surface area contributed by atoms with Crippen molar-refractivity contribution in [2.75, 3.05) is 0 Å². The van der Waals surface area contributed by atoms with Crippen LogP contribution in [0.15, 0.2) is 22.2 Å². The van der Waals surface area contributed by atoms with Gasteiger partial charge in [-0.1, -0.05) is 58.6 Å². The van der Waals surface area contributed by atoms with Gasteiger partial charge in [0.05, 0.1) is 10.1 Å². The summed E-state index contributed by atoms with van der Waals surface area (Å²) in [7, 11) is 0. The average Bonchev–Trinajstić information content (AvgIpc) is 2.97. The summed E-state index contributed by atoms with van der Waals surface area (Å²) in [4.78, 5) is -2.13. The van der Waals surface area contributed by atoms with Crippen LogP contribution in [-0.4, -0.2) is 14.1 Å². The van der Waals surface area contributed by atoms with Crippen LogP contribution >= 0.6 is 69.6 Å². The Morgan fingerprint density at radius 1 is 0.833 bits per heavy atom. The van der Waals surface area contributed by atoms with Gasteiger partial charge >= 0.3 is 0 Å². The lowest BCUT2D eigenvalue weighted by atomic mass is 9.75.